The van der Waals surface area contributed by atoms with Gasteiger partial charge in [-0.05, 0) is 31.6 Å². The third-order valence-corrected chi connectivity index (χ3v) is 1.94. The van der Waals surface area contributed by atoms with E-state index < -0.39 is 0 Å². The number of rotatable bonds is 0. The number of hydrogen-bond donors (Lipinski definition) is 0. The van der Waals surface area contributed by atoms with Crippen molar-refractivity contribution in [2.75, 3.05) is 0 Å². The molecular formula is C9H14. The van der Waals surface area contributed by atoms with Crippen LogP contribution in [-0.2, 0) is 0 Å². The van der Waals surface area contributed by atoms with E-state index in [-0.39, 0.29) is 0 Å². The Morgan fingerprint density at radius 2 is 2.33 bits per heavy atom. The first-order valence-electron chi connectivity index (χ1n) is 3.70. The molecule has 1 unspecified atom stereocenters. The Hall–Kier alpha value is -0.260. The van der Waals surface area contributed by atoms with Gasteiger partial charge in [0.05, 0.1) is 0 Å². The minimum Gasteiger partial charge on any atom is -0.0819 e. The van der Waals surface area contributed by atoms with Gasteiger partial charge >= 0.3 is 0 Å². The van der Waals surface area contributed by atoms with Crippen molar-refractivity contribution in [1.82, 2.24) is 0 Å². The van der Waals surface area contributed by atoms with Gasteiger partial charge in [0.1, 0.15) is 0 Å². The first kappa shape index (κ1) is 6.85. The lowest BCUT2D eigenvalue weighted by Gasteiger charge is -2.05. The van der Waals surface area contributed by atoms with Crippen LogP contribution in [0.3, 0.4) is 0 Å². The van der Waals surface area contributed by atoms with E-state index in [0.29, 0.717) is 0 Å². The van der Waals surface area contributed by atoms with Crippen LogP contribution in [0.4, 0.5) is 0 Å². The van der Waals surface area contributed by atoms with Crippen molar-refractivity contribution >= 4 is 0 Å². The highest BCUT2D eigenvalue weighted by Gasteiger charge is 2.21. The van der Waals surface area contributed by atoms with Gasteiger partial charge in [0.15, 0.2) is 0 Å². The molecule has 50 valence electrons. The van der Waals surface area contributed by atoms with E-state index in [1.54, 1.807) is 12.5 Å². The fraction of sp³-hybridized carbons (Fsp3) is 0.556. The van der Waals surface area contributed by atoms with E-state index in [4.69, 9.17) is 0 Å². The van der Waals surface area contributed by atoms with Gasteiger partial charge in [0, 0.05) is 0 Å². The summed E-state index contributed by atoms with van der Waals surface area (Å²) in [6.07, 6.45) is 8.93. The normalized spacial score (nSPS) is 23.1. The highest BCUT2D eigenvalue weighted by atomic mass is 14.3. The summed E-state index contributed by atoms with van der Waals surface area (Å²) < 4.78 is 0. The summed E-state index contributed by atoms with van der Waals surface area (Å²) in [5.41, 5.74) is 1.62. The Bertz CT molecular complexity index is 101. The molecule has 1 atom stereocenters. The molecule has 0 amide bonds. The average Bonchev–Trinajstić information content (AvgIpc) is 2.53. The minimum absolute atomic E-state index is 0.954. The zero-order chi connectivity index (χ0) is 6.69. The van der Waals surface area contributed by atoms with Crippen molar-refractivity contribution in [3.63, 3.8) is 0 Å². The van der Waals surface area contributed by atoms with Crippen LogP contribution in [0.5, 0.6) is 0 Å². The lowest BCUT2D eigenvalue weighted by atomic mass is 10.00. The molecule has 2 rings (SSSR count). The Balaban J connectivity index is 0.000000186. The zero-order valence-corrected chi connectivity index (χ0v) is 6.06. The second-order valence-electron chi connectivity index (χ2n) is 2.48. The molecule has 9 heavy (non-hydrogen) atoms. The van der Waals surface area contributed by atoms with Crippen molar-refractivity contribution in [2.45, 2.75) is 26.2 Å². The van der Waals surface area contributed by atoms with Gasteiger partial charge in [-0.25, -0.2) is 0 Å². The second kappa shape index (κ2) is 3.05. The molecule has 0 aromatic heterocycles. The van der Waals surface area contributed by atoms with E-state index in [9.17, 15) is 0 Å². The summed E-state index contributed by atoms with van der Waals surface area (Å²) in [4.78, 5) is 0. The molecule has 0 N–H and O–H groups in total. The monoisotopic (exact) mass is 122 g/mol. The summed E-state index contributed by atoms with van der Waals surface area (Å²) in [5, 5.41) is 0. The summed E-state index contributed by atoms with van der Waals surface area (Å²) in [7, 11) is 0. The van der Waals surface area contributed by atoms with Crippen LogP contribution in [0.2, 0.25) is 0 Å². The Morgan fingerprint density at radius 1 is 1.56 bits per heavy atom. The molecule has 2 aliphatic carbocycles. The van der Waals surface area contributed by atoms with Crippen LogP contribution in [0, 0.1) is 19.3 Å². The van der Waals surface area contributed by atoms with Crippen LogP contribution in [-0.4, -0.2) is 0 Å². The predicted octanol–water partition coefficient (Wildman–Crippen LogP) is 2.77. The maximum Gasteiger partial charge on any atom is -0.0132 e. The van der Waals surface area contributed by atoms with Crippen LogP contribution in [0.25, 0.3) is 0 Å². The molecule has 0 saturated heterocycles. The average molecular weight is 122 g/mol. The maximum absolute atomic E-state index is 3.25. The largest absolute Gasteiger partial charge is 0.0819 e. The number of hydrogen-bond acceptors (Lipinski definition) is 0. The van der Waals surface area contributed by atoms with E-state index in [0.717, 1.165) is 5.92 Å². The van der Waals surface area contributed by atoms with Gasteiger partial charge < -0.3 is 0 Å². The fourth-order valence-electron chi connectivity index (χ4n) is 1.48. The lowest BCUT2D eigenvalue weighted by molar-refractivity contribution is 0.605. The SMILES string of the molecule is [CH2]C.[CH]1CC2C=C1CC2. The Kier molecular flexibility index (Phi) is 2.32. The molecule has 0 aromatic carbocycles. The molecule has 0 spiro atoms. The van der Waals surface area contributed by atoms with Crippen LogP contribution in [0.1, 0.15) is 26.2 Å². The molecule has 0 aromatic rings. The summed E-state index contributed by atoms with van der Waals surface area (Å²) in [5.74, 6) is 0.954. The summed E-state index contributed by atoms with van der Waals surface area (Å²) >= 11 is 0. The molecular weight excluding hydrogens is 108 g/mol. The molecule has 0 nitrogen and oxygen atoms in total. The van der Waals surface area contributed by atoms with Crippen LogP contribution >= 0.6 is 0 Å². The quantitative estimate of drug-likeness (QED) is 0.463. The second-order valence-corrected chi connectivity index (χ2v) is 2.48. The van der Waals surface area contributed by atoms with Gasteiger partial charge in [-0.3, -0.25) is 0 Å². The third kappa shape index (κ3) is 1.35. The molecule has 0 aliphatic heterocycles. The Labute approximate surface area is 58.0 Å². The predicted molar refractivity (Wildman–Crippen MR) is 40.8 cm³/mol. The van der Waals surface area contributed by atoms with E-state index >= 15 is 0 Å². The number of fused-ring (bicyclic) bond motifs is 1. The highest BCUT2D eigenvalue weighted by molar-refractivity contribution is 5.26. The van der Waals surface area contributed by atoms with Gasteiger partial charge in [0.25, 0.3) is 0 Å². The van der Waals surface area contributed by atoms with Gasteiger partial charge in [-0.1, -0.05) is 25.5 Å². The Morgan fingerprint density at radius 3 is 2.44 bits per heavy atom. The lowest BCUT2D eigenvalue weighted by Crippen LogP contribution is -1.91. The van der Waals surface area contributed by atoms with Crippen LogP contribution < -0.4 is 0 Å². The molecule has 0 fully saturated rings. The minimum atomic E-state index is 0.954. The summed E-state index contributed by atoms with van der Waals surface area (Å²) in [6.45, 7) is 5.00. The molecule has 0 heteroatoms. The molecule has 2 bridgehead atoms. The smallest absolute Gasteiger partial charge is 0.0132 e. The molecule has 0 heterocycles. The van der Waals surface area contributed by atoms with Crippen molar-refractivity contribution < 1.29 is 0 Å². The first-order valence-corrected chi connectivity index (χ1v) is 3.70. The fourth-order valence-corrected chi connectivity index (χ4v) is 1.48. The van der Waals surface area contributed by atoms with Gasteiger partial charge in [-0.2, -0.15) is 0 Å². The summed E-state index contributed by atoms with van der Waals surface area (Å²) in [6, 6.07) is 0. The van der Waals surface area contributed by atoms with E-state index in [2.05, 4.69) is 19.4 Å². The van der Waals surface area contributed by atoms with Crippen molar-refractivity contribution in [3.8, 4) is 0 Å². The van der Waals surface area contributed by atoms with E-state index in [1.165, 1.54) is 19.3 Å². The zero-order valence-electron chi connectivity index (χ0n) is 6.06. The number of allylic oxidation sites excluding steroid dienone is 2. The van der Waals surface area contributed by atoms with Crippen molar-refractivity contribution in [2.24, 2.45) is 5.92 Å². The van der Waals surface area contributed by atoms with E-state index in [1.807, 2.05) is 0 Å². The first-order chi connectivity index (χ1) is 4.45. The molecule has 2 radical (unpaired) electrons. The van der Waals surface area contributed by atoms with Gasteiger partial charge in [-0.15, -0.1) is 0 Å². The van der Waals surface area contributed by atoms with Crippen molar-refractivity contribution in [1.29, 1.82) is 0 Å². The standard InChI is InChI=1S/C7H9.C2H5/c1-2-7-4-3-6(1)5-7;1-2/h1,5,7H,2-4H2;1H2,2H3. The topological polar surface area (TPSA) is 0 Å². The van der Waals surface area contributed by atoms with Crippen LogP contribution in [0.15, 0.2) is 11.6 Å². The molecule has 0 saturated carbocycles. The highest BCUT2D eigenvalue weighted by Crippen LogP contribution is 2.37. The maximum atomic E-state index is 3.25. The van der Waals surface area contributed by atoms with Crippen molar-refractivity contribution in [3.05, 3.63) is 25.0 Å². The molecule has 2 aliphatic rings. The third-order valence-electron chi connectivity index (χ3n) is 1.94. The van der Waals surface area contributed by atoms with Gasteiger partial charge in [0.2, 0.25) is 0 Å².